The van der Waals surface area contributed by atoms with E-state index in [1.165, 1.54) is 6.08 Å². The van der Waals surface area contributed by atoms with Crippen molar-refractivity contribution in [2.45, 2.75) is 38.1 Å². The molecule has 5 nitrogen and oxygen atoms in total. The molecule has 0 unspecified atom stereocenters. The first-order valence-corrected chi connectivity index (χ1v) is 9.09. The Bertz CT molecular complexity index is 857. The molecule has 1 aliphatic heterocycles. The molecular formula is C22H20O5. The summed E-state index contributed by atoms with van der Waals surface area (Å²) in [6.45, 7) is 0.438. The Hall–Kier alpha value is -3.08. The second-order valence-electron chi connectivity index (χ2n) is 6.80. The van der Waals surface area contributed by atoms with Gasteiger partial charge in [-0.3, -0.25) is 0 Å². The molecule has 1 saturated heterocycles. The zero-order valence-electron chi connectivity index (χ0n) is 14.9. The average molecular weight is 364 g/mol. The Morgan fingerprint density at radius 1 is 0.926 bits per heavy atom. The maximum Gasteiger partial charge on any atom is 0.348 e. The van der Waals surface area contributed by atoms with Gasteiger partial charge >= 0.3 is 11.9 Å². The molecule has 1 spiro atoms. The van der Waals surface area contributed by atoms with Gasteiger partial charge in [0.15, 0.2) is 0 Å². The monoisotopic (exact) mass is 364 g/mol. The molecule has 0 N–H and O–H groups in total. The van der Waals surface area contributed by atoms with E-state index in [1.54, 1.807) is 12.1 Å². The van der Waals surface area contributed by atoms with E-state index in [0.717, 1.165) is 18.4 Å². The van der Waals surface area contributed by atoms with E-state index in [2.05, 4.69) is 0 Å². The van der Waals surface area contributed by atoms with Gasteiger partial charge in [-0.1, -0.05) is 42.5 Å². The second kappa shape index (κ2) is 7.27. The Morgan fingerprint density at radius 2 is 1.63 bits per heavy atom. The first-order chi connectivity index (χ1) is 13.1. The van der Waals surface area contributed by atoms with Gasteiger partial charge in [0.1, 0.15) is 17.9 Å². The van der Waals surface area contributed by atoms with Crippen LogP contribution in [0.4, 0.5) is 0 Å². The average Bonchev–Trinajstić information content (AvgIpc) is 3.12. The molecule has 2 aromatic rings. The Balaban J connectivity index is 1.48. The first kappa shape index (κ1) is 17.3. The van der Waals surface area contributed by atoms with Gasteiger partial charge in [0.05, 0.1) is 0 Å². The van der Waals surface area contributed by atoms with Gasteiger partial charge in [0.25, 0.3) is 5.79 Å². The predicted molar refractivity (Wildman–Crippen MR) is 98.6 cm³/mol. The van der Waals surface area contributed by atoms with E-state index < -0.39 is 17.7 Å². The Labute approximate surface area is 157 Å². The summed E-state index contributed by atoms with van der Waals surface area (Å²) in [5, 5.41) is 0. The van der Waals surface area contributed by atoms with Crippen molar-refractivity contribution in [1.82, 2.24) is 0 Å². The first-order valence-electron chi connectivity index (χ1n) is 9.09. The van der Waals surface area contributed by atoms with Crippen LogP contribution in [0.2, 0.25) is 0 Å². The van der Waals surface area contributed by atoms with Crippen LogP contribution in [0.1, 0.15) is 36.8 Å². The molecule has 5 heteroatoms. The third kappa shape index (κ3) is 3.87. The number of carbonyl (C=O) groups excluding carboxylic acids is 2. The van der Waals surface area contributed by atoms with Crippen LogP contribution < -0.4 is 4.74 Å². The SMILES string of the molecule is O=C1OC2(CCCC2)OC(=O)C1=Cc1cccc(OCc2ccccc2)c1. The standard InChI is InChI=1S/C22H20O5/c23-20-19(21(24)27-22(26-20)11-4-5-12-22)14-17-9-6-10-18(13-17)25-15-16-7-2-1-3-8-16/h1-3,6-10,13-14H,4-5,11-12,15H2. The highest BCUT2D eigenvalue weighted by molar-refractivity contribution is 6.18. The lowest BCUT2D eigenvalue weighted by atomic mass is 10.1. The minimum atomic E-state index is -1.05. The second-order valence-corrected chi connectivity index (χ2v) is 6.80. The highest BCUT2D eigenvalue weighted by atomic mass is 16.7. The van der Waals surface area contributed by atoms with E-state index in [1.807, 2.05) is 42.5 Å². The van der Waals surface area contributed by atoms with Crippen LogP contribution in [0.5, 0.6) is 5.75 Å². The molecule has 1 saturated carbocycles. The molecule has 0 radical (unpaired) electrons. The largest absolute Gasteiger partial charge is 0.489 e. The summed E-state index contributed by atoms with van der Waals surface area (Å²) < 4.78 is 16.7. The molecule has 1 aliphatic carbocycles. The number of benzene rings is 2. The van der Waals surface area contributed by atoms with Crippen LogP contribution in [-0.2, 0) is 25.7 Å². The third-order valence-electron chi connectivity index (χ3n) is 4.78. The maximum absolute atomic E-state index is 12.3. The van der Waals surface area contributed by atoms with Crippen molar-refractivity contribution in [2.24, 2.45) is 0 Å². The van der Waals surface area contributed by atoms with Crippen molar-refractivity contribution in [3.8, 4) is 5.75 Å². The fourth-order valence-electron chi connectivity index (χ4n) is 3.39. The van der Waals surface area contributed by atoms with Crippen molar-refractivity contribution in [3.63, 3.8) is 0 Å². The van der Waals surface area contributed by atoms with E-state index >= 15 is 0 Å². The molecule has 4 rings (SSSR count). The summed E-state index contributed by atoms with van der Waals surface area (Å²) in [6.07, 6.45) is 4.41. The fourth-order valence-corrected chi connectivity index (χ4v) is 3.39. The lowest BCUT2D eigenvalue weighted by Crippen LogP contribution is -2.44. The third-order valence-corrected chi connectivity index (χ3v) is 4.78. The number of rotatable bonds is 4. The van der Waals surface area contributed by atoms with E-state index in [9.17, 15) is 9.59 Å². The summed E-state index contributed by atoms with van der Waals surface area (Å²) in [6, 6.07) is 17.0. The molecule has 0 amide bonds. The molecule has 138 valence electrons. The van der Waals surface area contributed by atoms with Crippen LogP contribution in [0.25, 0.3) is 6.08 Å². The summed E-state index contributed by atoms with van der Waals surface area (Å²) in [5.74, 6) is -1.64. The molecule has 27 heavy (non-hydrogen) atoms. The number of hydrogen-bond donors (Lipinski definition) is 0. The number of carbonyl (C=O) groups is 2. The normalized spacial score (nSPS) is 18.1. The van der Waals surface area contributed by atoms with Crippen LogP contribution in [0.3, 0.4) is 0 Å². The fraction of sp³-hybridized carbons (Fsp3) is 0.273. The van der Waals surface area contributed by atoms with Crippen molar-refractivity contribution in [2.75, 3.05) is 0 Å². The minimum absolute atomic E-state index is 0.0901. The highest BCUT2D eigenvalue weighted by Crippen LogP contribution is 2.38. The van der Waals surface area contributed by atoms with Crippen molar-refractivity contribution < 1.29 is 23.8 Å². The summed E-state index contributed by atoms with van der Waals surface area (Å²) >= 11 is 0. The zero-order valence-corrected chi connectivity index (χ0v) is 14.9. The molecule has 0 aromatic heterocycles. The molecule has 0 bridgehead atoms. The van der Waals surface area contributed by atoms with Gasteiger partial charge in [0, 0.05) is 12.8 Å². The number of hydrogen-bond acceptors (Lipinski definition) is 5. The van der Waals surface area contributed by atoms with Crippen LogP contribution in [-0.4, -0.2) is 17.7 Å². The molecule has 2 fully saturated rings. The Kier molecular flexibility index (Phi) is 4.67. The van der Waals surface area contributed by atoms with Gasteiger partial charge in [0.2, 0.25) is 0 Å². The van der Waals surface area contributed by atoms with E-state index in [0.29, 0.717) is 30.8 Å². The Morgan fingerprint density at radius 3 is 2.33 bits per heavy atom. The van der Waals surface area contributed by atoms with E-state index in [-0.39, 0.29) is 5.57 Å². The van der Waals surface area contributed by atoms with Crippen molar-refractivity contribution in [3.05, 3.63) is 71.3 Å². The van der Waals surface area contributed by atoms with Crippen LogP contribution in [0, 0.1) is 0 Å². The summed E-state index contributed by atoms with van der Waals surface area (Å²) in [4.78, 5) is 24.7. The van der Waals surface area contributed by atoms with Crippen LogP contribution in [0.15, 0.2) is 60.2 Å². The smallest absolute Gasteiger partial charge is 0.348 e. The van der Waals surface area contributed by atoms with Crippen molar-refractivity contribution >= 4 is 18.0 Å². The summed E-state index contributed by atoms with van der Waals surface area (Å²) in [7, 11) is 0. The quantitative estimate of drug-likeness (QED) is 0.466. The molecule has 2 aromatic carbocycles. The number of ether oxygens (including phenoxy) is 3. The van der Waals surface area contributed by atoms with Crippen molar-refractivity contribution in [1.29, 1.82) is 0 Å². The van der Waals surface area contributed by atoms with Gasteiger partial charge in [-0.15, -0.1) is 0 Å². The molecule has 1 heterocycles. The van der Waals surface area contributed by atoms with Gasteiger partial charge in [-0.25, -0.2) is 9.59 Å². The van der Waals surface area contributed by atoms with Gasteiger partial charge in [-0.2, -0.15) is 0 Å². The predicted octanol–water partition coefficient (Wildman–Crippen LogP) is 4.02. The molecule has 0 atom stereocenters. The maximum atomic E-state index is 12.3. The zero-order chi connectivity index (χ0) is 18.7. The van der Waals surface area contributed by atoms with Gasteiger partial charge in [-0.05, 0) is 42.2 Å². The number of esters is 2. The lowest BCUT2D eigenvalue weighted by molar-refractivity contribution is -0.232. The minimum Gasteiger partial charge on any atom is -0.489 e. The molecule has 2 aliphatic rings. The van der Waals surface area contributed by atoms with Gasteiger partial charge < -0.3 is 14.2 Å². The van der Waals surface area contributed by atoms with E-state index in [4.69, 9.17) is 14.2 Å². The lowest BCUT2D eigenvalue weighted by Gasteiger charge is -2.32. The molecular weight excluding hydrogens is 344 g/mol. The van der Waals surface area contributed by atoms with Crippen LogP contribution >= 0.6 is 0 Å². The highest BCUT2D eigenvalue weighted by Gasteiger charge is 2.47. The summed E-state index contributed by atoms with van der Waals surface area (Å²) in [5.41, 5.74) is 1.64. The topological polar surface area (TPSA) is 61.8 Å².